The van der Waals surface area contributed by atoms with E-state index in [1.807, 2.05) is 0 Å². The van der Waals surface area contributed by atoms with Gasteiger partial charge < -0.3 is 10.6 Å². The van der Waals surface area contributed by atoms with Gasteiger partial charge in [0, 0.05) is 13.1 Å². The van der Waals surface area contributed by atoms with E-state index in [2.05, 4.69) is 41.1 Å². The van der Waals surface area contributed by atoms with Gasteiger partial charge in [0.05, 0.1) is 6.54 Å². The second-order valence-corrected chi connectivity index (χ2v) is 5.06. The Hall–Kier alpha value is -0.780. The molecule has 4 heteroatoms. The van der Waals surface area contributed by atoms with Gasteiger partial charge in [-0.25, -0.2) is 4.99 Å². The van der Waals surface area contributed by atoms with Crippen LogP contribution in [0.2, 0.25) is 0 Å². The van der Waals surface area contributed by atoms with E-state index in [1.54, 1.807) is 0 Å². The molecule has 0 amide bonds. The second kappa shape index (κ2) is 8.40. The summed E-state index contributed by atoms with van der Waals surface area (Å²) in [6.07, 6.45) is 5.12. The van der Waals surface area contributed by atoms with E-state index in [0.29, 0.717) is 12.5 Å². The van der Waals surface area contributed by atoms with E-state index in [0.717, 1.165) is 13.1 Å². The molecule has 0 unspecified atom stereocenters. The van der Waals surface area contributed by atoms with Gasteiger partial charge in [-0.15, -0.1) is 24.0 Å². The van der Waals surface area contributed by atoms with Gasteiger partial charge in [-0.05, 0) is 25.3 Å². The van der Waals surface area contributed by atoms with Gasteiger partial charge in [-0.2, -0.15) is 0 Å². The van der Waals surface area contributed by atoms with Crippen LogP contribution in [0, 0.1) is 6.92 Å². The number of nitrogens with zero attached hydrogens (tertiary/aromatic N) is 2. The van der Waals surface area contributed by atoms with Crippen LogP contribution >= 0.6 is 24.0 Å². The fourth-order valence-corrected chi connectivity index (χ4v) is 2.27. The van der Waals surface area contributed by atoms with Gasteiger partial charge >= 0.3 is 0 Å². The molecular weight excluding hydrogens is 349 g/mol. The number of benzene rings is 1. The molecule has 0 atom stereocenters. The molecule has 2 N–H and O–H groups in total. The van der Waals surface area contributed by atoms with Crippen LogP contribution in [0.4, 0.5) is 0 Å². The molecule has 0 saturated carbocycles. The van der Waals surface area contributed by atoms with Crippen molar-refractivity contribution < 1.29 is 0 Å². The SMILES string of the molecule is Cc1ccc(CN=C(N)N2CCCCCC2)cc1.I. The Morgan fingerprint density at radius 2 is 1.68 bits per heavy atom. The van der Waals surface area contributed by atoms with Crippen LogP contribution in [0.3, 0.4) is 0 Å². The highest BCUT2D eigenvalue weighted by atomic mass is 127. The average molecular weight is 373 g/mol. The Labute approximate surface area is 133 Å². The maximum atomic E-state index is 6.07. The minimum absolute atomic E-state index is 0. The summed E-state index contributed by atoms with van der Waals surface area (Å²) in [5.41, 5.74) is 8.57. The van der Waals surface area contributed by atoms with Gasteiger partial charge in [0.2, 0.25) is 0 Å². The molecule has 0 radical (unpaired) electrons. The van der Waals surface area contributed by atoms with E-state index in [4.69, 9.17) is 5.73 Å². The van der Waals surface area contributed by atoms with Gasteiger partial charge in [0.25, 0.3) is 0 Å². The molecule has 1 saturated heterocycles. The maximum absolute atomic E-state index is 6.07. The largest absolute Gasteiger partial charge is 0.370 e. The number of aliphatic imine (C=N–C) groups is 1. The Kier molecular flexibility index (Phi) is 7.20. The van der Waals surface area contributed by atoms with Crippen LogP contribution in [0.1, 0.15) is 36.8 Å². The molecule has 1 heterocycles. The standard InChI is InChI=1S/C15H23N3.HI/c1-13-6-8-14(9-7-13)12-17-15(16)18-10-4-2-3-5-11-18;/h6-9H,2-5,10-12H2,1H3,(H2,16,17);1H. The summed E-state index contributed by atoms with van der Waals surface area (Å²) in [5, 5.41) is 0. The first kappa shape index (κ1) is 16.3. The van der Waals surface area contributed by atoms with E-state index >= 15 is 0 Å². The van der Waals surface area contributed by atoms with E-state index in [9.17, 15) is 0 Å². The number of guanidine groups is 1. The minimum atomic E-state index is 0. The first-order chi connectivity index (χ1) is 8.75. The second-order valence-electron chi connectivity index (χ2n) is 5.06. The Morgan fingerprint density at radius 3 is 2.26 bits per heavy atom. The molecule has 0 aliphatic carbocycles. The minimum Gasteiger partial charge on any atom is -0.370 e. The van der Waals surface area contributed by atoms with E-state index in [-0.39, 0.29) is 24.0 Å². The number of halogens is 1. The summed E-state index contributed by atoms with van der Waals surface area (Å²) in [4.78, 5) is 6.73. The predicted octanol–water partition coefficient (Wildman–Crippen LogP) is 3.30. The molecule has 0 bridgehead atoms. The Morgan fingerprint density at radius 1 is 1.11 bits per heavy atom. The molecule has 1 aromatic carbocycles. The highest BCUT2D eigenvalue weighted by molar-refractivity contribution is 14.0. The highest BCUT2D eigenvalue weighted by Crippen LogP contribution is 2.10. The number of rotatable bonds is 2. The molecule has 1 aromatic rings. The number of hydrogen-bond donors (Lipinski definition) is 1. The van der Waals surface area contributed by atoms with Crippen molar-refractivity contribution >= 4 is 29.9 Å². The quantitative estimate of drug-likeness (QED) is 0.491. The van der Waals surface area contributed by atoms with Crippen molar-refractivity contribution in [2.24, 2.45) is 10.7 Å². The van der Waals surface area contributed by atoms with Crippen molar-refractivity contribution in [3.63, 3.8) is 0 Å². The number of aryl methyl sites for hydroxylation is 1. The van der Waals surface area contributed by atoms with E-state index < -0.39 is 0 Å². The van der Waals surface area contributed by atoms with Gasteiger partial charge in [-0.1, -0.05) is 42.7 Å². The summed E-state index contributed by atoms with van der Waals surface area (Å²) in [6.45, 7) is 4.90. The molecular formula is C15H24IN3. The lowest BCUT2D eigenvalue weighted by Gasteiger charge is -2.21. The third kappa shape index (κ3) is 5.38. The lowest BCUT2D eigenvalue weighted by molar-refractivity contribution is 0.428. The monoisotopic (exact) mass is 373 g/mol. The zero-order valence-electron chi connectivity index (χ0n) is 11.6. The van der Waals surface area contributed by atoms with Crippen LogP contribution in [-0.4, -0.2) is 23.9 Å². The smallest absolute Gasteiger partial charge is 0.191 e. The third-order valence-electron chi connectivity index (χ3n) is 3.47. The normalized spacial score (nSPS) is 16.7. The summed E-state index contributed by atoms with van der Waals surface area (Å²) in [7, 11) is 0. The maximum Gasteiger partial charge on any atom is 0.191 e. The fourth-order valence-electron chi connectivity index (χ4n) is 2.27. The molecule has 1 aliphatic heterocycles. The summed E-state index contributed by atoms with van der Waals surface area (Å²) in [5.74, 6) is 0.706. The Bertz CT molecular complexity index is 392. The van der Waals surface area contributed by atoms with Gasteiger partial charge in [-0.3, -0.25) is 0 Å². The molecule has 2 rings (SSSR count). The molecule has 106 valence electrons. The summed E-state index contributed by atoms with van der Waals surface area (Å²) < 4.78 is 0. The fraction of sp³-hybridized carbons (Fsp3) is 0.533. The van der Waals surface area contributed by atoms with Crippen molar-refractivity contribution in [3.8, 4) is 0 Å². The molecule has 19 heavy (non-hydrogen) atoms. The van der Waals surface area contributed by atoms with Gasteiger partial charge in [0.1, 0.15) is 0 Å². The zero-order chi connectivity index (χ0) is 12.8. The molecule has 1 fully saturated rings. The highest BCUT2D eigenvalue weighted by Gasteiger charge is 2.10. The molecule has 0 spiro atoms. The van der Waals surface area contributed by atoms with Crippen LogP contribution in [0.15, 0.2) is 29.3 Å². The van der Waals surface area contributed by atoms with E-state index in [1.165, 1.54) is 36.8 Å². The first-order valence-electron chi connectivity index (χ1n) is 6.86. The topological polar surface area (TPSA) is 41.6 Å². The molecule has 3 nitrogen and oxygen atoms in total. The lowest BCUT2D eigenvalue weighted by atomic mass is 10.1. The van der Waals surface area contributed by atoms with Crippen LogP contribution in [-0.2, 0) is 6.54 Å². The van der Waals surface area contributed by atoms with Crippen molar-refractivity contribution in [2.75, 3.05) is 13.1 Å². The van der Waals surface area contributed by atoms with Crippen LogP contribution in [0.5, 0.6) is 0 Å². The number of nitrogens with two attached hydrogens (primary N) is 1. The molecule has 1 aliphatic rings. The summed E-state index contributed by atoms with van der Waals surface area (Å²) in [6, 6.07) is 8.48. The van der Waals surface area contributed by atoms with Crippen molar-refractivity contribution in [1.82, 2.24) is 4.90 Å². The number of likely N-dealkylation sites (tertiary alicyclic amines) is 1. The number of hydrogen-bond acceptors (Lipinski definition) is 1. The van der Waals surface area contributed by atoms with Crippen molar-refractivity contribution in [3.05, 3.63) is 35.4 Å². The average Bonchev–Trinajstić information content (AvgIpc) is 2.66. The van der Waals surface area contributed by atoms with Crippen LogP contribution in [0.25, 0.3) is 0 Å². The van der Waals surface area contributed by atoms with Gasteiger partial charge in [0.15, 0.2) is 5.96 Å². The van der Waals surface area contributed by atoms with Crippen molar-refractivity contribution in [1.29, 1.82) is 0 Å². The Balaban J connectivity index is 0.00000180. The molecule has 0 aromatic heterocycles. The van der Waals surface area contributed by atoms with Crippen LogP contribution < -0.4 is 5.73 Å². The first-order valence-corrected chi connectivity index (χ1v) is 6.86. The third-order valence-corrected chi connectivity index (χ3v) is 3.47. The van der Waals surface area contributed by atoms with Crippen molar-refractivity contribution in [2.45, 2.75) is 39.2 Å². The predicted molar refractivity (Wildman–Crippen MR) is 92.0 cm³/mol. The zero-order valence-corrected chi connectivity index (χ0v) is 14.0. The lowest BCUT2D eigenvalue weighted by Crippen LogP contribution is -2.38. The summed E-state index contributed by atoms with van der Waals surface area (Å²) >= 11 is 0.